The number of para-hydroxylation sites is 1. The Morgan fingerprint density at radius 1 is 0.828 bits per heavy atom. The quantitative estimate of drug-likeness (QED) is 0.550. The van der Waals surface area contributed by atoms with Crippen molar-refractivity contribution in [1.29, 1.82) is 0 Å². The molecular weight excluding hydrogens is 368 g/mol. The maximum Gasteiger partial charge on any atom is 0.256 e. The fraction of sp³-hybridized carbons (Fsp3) is 0. The summed E-state index contributed by atoms with van der Waals surface area (Å²) in [6.45, 7) is 0. The molecule has 0 bridgehead atoms. The van der Waals surface area contributed by atoms with Crippen LogP contribution in [0.25, 0.3) is 5.69 Å². The van der Waals surface area contributed by atoms with Crippen LogP contribution in [0.3, 0.4) is 0 Å². The minimum atomic E-state index is -0.361. The average Bonchev–Trinajstić information content (AvgIpc) is 3.30. The lowest BCUT2D eigenvalue weighted by atomic mass is 10.1. The van der Waals surface area contributed by atoms with Gasteiger partial charge in [-0.2, -0.15) is 5.10 Å². The first-order valence-electron chi connectivity index (χ1n) is 8.78. The zero-order chi connectivity index (χ0) is 20.1. The summed E-state index contributed by atoms with van der Waals surface area (Å²) < 4.78 is 1.56. The van der Waals surface area contributed by atoms with Crippen LogP contribution in [-0.4, -0.2) is 31.6 Å². The van der Waals surface area contributed by atoms with Gasteiger partial charge in [-0.25, -0.2) is 14.6 Å². The zero-order valence-corrected chi connectivity index (χ0v) is 15.2. The van der Waals surface area contributed by atoms with E-state index in [4.69, 9.17) is 0 Å². The molecule has 0 aliphatic carbocycles. The Labute approximate surface area is 166 Å². The standard InChI is InChI=1S/C21H16N6O2/c28-20(25-17-7-2-1-3-8-17)15-5-4-6-16(11-15)21(29)26-19-10-9-18(12-23-19)27-14-22-13-24-27/h1-14H,(H,25,28)(H,23,26,29). The van der Waals surface area contributed by atoms with Gasteiger partial charge < -0.3 is 10.6 Å². The molecule has 0 spiro atoms. The van der Waals surface area contributed by atoms with E-state index in [0.717, 1.165) is 5.69 Å². The Morgan fingerprint density at radius 3 is 2.24 bits per heavy atom. The van der Waals surface area contributed by atoms with Crippen LogP contribution in [0, 0.1) is 0 Å². The Kier molecular flexibility index (Phi) is 5.06. The van der Waals surface area contributed by atoms with Crippen molar-refractivity contribution in [3.8, 4) is 5.69 Å². The molecule has 0 unspecified atom stereocenters. The van der Waals surface area contributed by atoms with Gasteiger partial charge in [0.15, 0.2) is 0 Å². The number of anilines is 2. The molecule has 29 heavy (non-hydrogen) atoms. The second-order valence-electron chi connectivity index (χ2n) is 6.10. The molecule has 2 amide bonds. The van der Waals surface area contributed by atoms with E-state index in [2.05, 4.69) is 25.7 Å². The van der Waals surface area contributed by atoms with Crippen molar-refractivity contribution in [1.82, 2.24) is 19.7 Å². The van der Waals surface area contributed by atoms with Gasteiger partial charge >= 0.3 is 0 Å². The van der Waals surface area contributed by atoms with Crippen molar-refractivity contribution in [2.75, 3.05) is 10.6 Å². The molecule has 2 aromatic heterocycles. The zero-order valence-electron chi connectivity index (χ0n) is 15.2. The molecule has 8 nitrogen and oxygen atoms in total. The lowest BCUT2D eigenvalue weighted by Crippen LogP contribution is -2.16. The molecule has 0 radical (unpaired) electrons. The first kappa shape index (κ1) is 18.1. The Bertz CT molecular complexity index is 1130. The fourth-order valence-corrected chi connectivity index (χ4v) is 2.65. The number of benzene rings is 2. The molecule has 0 aliphatic heterocycles. The maximum absolute atomic E-state index is 12.6. The highest BCUT2D eigenvalue weighted by molar-refractivity contribution is 6.08. The number of pyridine rings is 1. The molecule has 0 saturated carbocycles. The Balaban J connectivity index is 1.45. The van der Waals surface area contributed by atoms with Gasteiger partial charge in [0.1, 0.15) is 18.5 Å². The van der Waals surface area contributed by atoms with Gasteiger partial charge in [-0.15, -0.1) is 0 Å². The molecule has 4 rings (SSSR count). The number of hydrogen-bond donors (Lipinski definition) is 2. The summed E-state index contributed by atoms with van der Waals surface area (Å²) in [4.78, 5) is 33.1. The fourth-order valence-electron chi connectivity index (χ4n) is 2.65. The minimum absolute atomic E-state index is 0.291. The van der Waals surface area contributed by atoms with Crippen LogP contribution in [-0.2, 0) is 0 Å². The molecule has 0 aliphatic rings. The number of nitrogens with zero attached hydrogens (tertiary/aromatic N) is 4. The van der Waals surface area contributed by atoms with Crippen LogP contribution in [0.5, 0.6) is 0 Å². The van der Waals surface area contributed by atoms with Crippen LogP contribution in [0.15, 0.2) is 85.6 Å². The maximum atomic E-state index is 12.6. The molecule has 2 N–H and O–H groups in total. The average molecular weight is 384 g/mol. The normalized spacial score (nSPS) is 10.3. The van der Waals surface area contributed by atoms with Crippen LogP contribution < -0.4 is 10.6 Å². The van der Waals surface area contributed by atoms with E-state index in [-0.39, 0.29) is 11.8 Å². The van der Waals surface area contributed by atoms with Gasteiger partial charge in [-0.05, 0) is 42.5 Å². The topological polar surface area (TPSA) is 102 Å². The van der Waals surface area contributed by atoms with E-state index in [1.807, 2.05) is 18.2 Å². The smallest absolute Gasteiger partial charge is 0.256 e. The predicted molar refractivity (Wildman–Crippen MR) is 108 cm³/mol. The van der Waals surface area contributed by atoms with Gasteiger partial charge in [-0.3, -0.25) is 9.59 Å². The van der Waals surface area contributed by atoms with Gasteiger partial charge in [0.25, 0.3) is 11.8 Å². The second-order valence-corrected chi connectivity index (χ2v) is 6.10. The second kappa shape index (κ2) is 8.13. The van der Waals surface area contributed by atoms with E-state index in [1.54, 1.807) is 59.7 Å². The third-order valence-corrected chi connectivity index (χ3v) is 4.09. The molecule has 2 heterocycles. The number of aromatic nitrogens is 4. The monoisotopic (exact) mass is 384 g/mol. The largest absolute Gasteiger partial charge is 0.322 e. The van der Waals surface area contributed by atoms with Crippen LogP contribution in [0.4, 0.5) is 11.5 Å². The van der Waals surface area contributed by atoms with Crippen molar-refractivity contribution in [2.24, 2.45) is 0 Å². The van der Waals surface area contributed by atoms with Crippen LogP contribution >= 0.6 is 0 Å². The molecule has 2 aromatic carbocycles. The number of carbonyl (C=O) groups is 2. The van der Waals surface area contributed by atoms with Crippen molar-refractivity contribution >= 4 is 23.3 Å². The number of rotatable bonds is 5. The summed E-state index contributed by atoms with van der Waals surface area (Å²) in [5.74, 6) is -0.264. The first-order valence-corrected chi connectivity index (χ1v) is 8.78. The van der Waals surface area contributed by atoms with Crippen molar-refractivity contribution in [2.45, 2.75) is 0 Å². The van der Waals surface area contributed by atoms with E-state index in [0.29, 0.717) is 22.6 Å². The Morgan fingerprint density at radius 2 is 1.59 bits per heavy atom. The number of hydrogen-bond acceptors (Lipinski definition) is 5. The van der Waals surface area contributed by atoms with E-state index in [1.165, 1.54) is 12.4 Å². The summed E-state index contributed by atoms with van der Waals surface area (Å²) >= 11 is 0. The van der Waals surface area contributed by atoms with Crippen LogP contribution in [0.1, 0.15) is 20.7 Å². The van der Waals surface area contributed by atoms with Gasteiger partial charge in [-0.1, -0.05) is 24.3 Å². The van der Waals surface area contributed by atoms with Gasteiger partial charge in [0, 0.05) is 16.8 Å². The summed E-state index contributed by atoms with van der Waals surface area (Å²) in [5, 5.41) is 9.54. The number of nitrogens with one attached hydrogen (secondary N) is 2. The SMILES string of the molecule is O=C(Nc1ccccc1)c1cccc(C(=O)Nc2ccc(-n3cncn3)cn2)c1. The summed E-state index contributed by atoms with van der Waals surface area (Å²) in [7, 11) is 0. The summed E-state index contributed by atoms with van der Waals surface area (Å²) in [5.41, 5.74) is 2.15. The molecule has 142 valence electrons. The lowest BCUT2D eigenvalue weighted by Gasteiger charge is -2.08. The van der Waals surface area contributed by atoms with Crippen molar-refractivity contribution in [3.63, 3.8) is 0 Å². The van der Waals surface area contributed by atoms with Gasteiger partial charge in [0.2, 0.25) is 0 Å². The Hall–Kier alpha value is -4.33. The molecule has 8 heteroatoms. The van der Waals surface area contributed by atoms with Crippen LogP contribution in [0.2, 0.25) is 0 Å². The molecule has 0 fully saturated rings. The molecule has 0 saturated heterocycles. The van der Waals surface area contributed by atoms with E-state index >= 15 is 0 Å². The highest BCUT2D eigenvalue weighted by Crippen LogP contribution is 2.13. The highest BCUT2D eigenvalue weighted by atomic mass is 16.2. The lowest BCUT2D eigenvalue weighted by molar-refractivity contribution is 0.102. The molecular formula is C21H16N6O2. The minimum Gasteiger partial charge on any atom is -0.322 e. The summed E-state index contributed by atoms with van der Waals surface area (Å²) in [6.07, 6.45) is 4.56. The summed E-state index contributed by atoms with van der Waals surface area (Å²) in [6, 6.07) is 19.1. The highest BCUT2D eigenvalue weighted by Gasteiger charge is 2.12. The van der Waals surface area contributed by atoms with E-state index in [9.17, 15) is 9.59 Å². The third kappa shape index (κ3) is 4.33. The van der Waals surface area contributed by atoms with E-state index < -0.39 is 0 Å². The number of carbonyl (C=O) groups excluding carboxylic acids is 2. The van der Waals surface area contributed by atoms with Gasteiger partial charge in [0.05, 0.1) is 11.9 Å². The number of amides is 2. The molecule has 0 atom stereocenters. The molecule has 4 aromatic rings. The predicted octanol–water partition coefficient (Wildman–Crippen LogP) is 3.17. The van der Waals surface area contributed by atoms with Crippen molar-refractivity contribution < 1.29 is 9.59 Å². The first-order chi connectivity index (χ1) is 14.2. The van der Waals surface area contributed by atoms with Crippen molar-refractivity contribution in [3.05, 3.63) is 96.7 Å². The third-order valence-electron chi connectivity index (χ3n) is 4.09.